The first-order chi connectivity index (χ1) is 8.56. The van der Waals surface area contributed by atoms with Crippen molar-refractivity contribution in [1.82, 2.24) is 9.55 Å². The molecule has 0 aliphatic heterocycles. The molecule has 0 saturated heterocycles. The third-order valence-electron chi connectivity index (χ3n) is 2.91. The molecule has 0 radical (unpaired) electrons. The molecule has 0 N–H and O–H groups in total. The number of para-hydroxylation sites is 2. The first-order valence-corrected chi connectivity index (χ1v) is 6.18. The van der Waals surface area contributed by atoms with Crippen molar-refractivity contribution in [3.63, 3.8) is 0 Å². The van der Waals surface area contributed by atoms with Gasteiger partial charge in [0.1, 0.15) is 11.9 Å². The Bertz CT molecular complexity index is 577. The van der Waals surface area contributed by atoms with Crippen LogP contribution in [-0.4, -0.2) is 22.6 Å². The van der Waals surface area contributed by atoms with Crippen molar-refractivity contribution in [3.8, 4) is 0 Å². The molecule has 0 aliphatic rings. The van der Waals surface area contributed by atoms with Gasteiger partial charge in [-0.25, -0.2) is 9.78 Å². The van der Waals surface area contributed by atoms with Gasteiger partial charge in [0.05, 0.1) is 23.5 Å². The number of hydrogen-bond acceptors (Lipinski definition) is 3. The van der Waals surface area contributed by atoms with E-state index in [0.29, 0.717) is 5.82 Å². The molecule has 2 atom stereocenters. The standard InChI is InChI=1S/C13H15ClN2O2/c1-8(14)12-15-10-6-4-5-7-11(10)16(12)9(2)13(17)18-3/h4-9H,1-3H3. The summed E-state index contributed by atoms with van der Waals surface area (Å²) in [4.78, 5) is 16.2. The summed E-state index contributed by atoms with van der Waals surface area (Å²) in [6.07, 6.45) is 0. The molecule has 2 unspecified atom stereocenters. The topological polar surface area (TPSA) is 44.1 Å². The molecule has 18 heavy (non-hydrogen) atoms. The number of alkyl halides is 1. The van der Waals surface area contributed by atoms with Crippen LogP contribution in [-0.2, 0) is 9.53 Å². The summed E-state index contributed by atoms with van der Waals surface area (Å²) in [5.74, 6) is 0.368. The summed E-state index contributed by atoms with van der Waals surface area (Å²) < 4.78 is 6.62. The van der Waals surface area contributed by atoms with E-state index in [0.717, 1.165) is 11.0 Å². The second kappa shape index (κ2) is 4.98. The molecule has 2 rings (SSSR count). The normalized spacial score (nSPS) is 14.4. The number of aromatic nitrogens is 2. The Hall–Kier alpha value is -1.55. The SMILES string of the molecule is COC(=O)C(C)n1c(C(C)Cl)nc2ccccc21. The molecule has 0 fully saturated rings. The Morgan fingerprint density at radius 3 is 2.67 bits per heavy atom. The van der Waals surface area contributed by atoms with Crippen LogP contribution in [0, 0.1) is 0 Å². The van der Waals surface area contributed by atoms with Crippen LogP contribution in [0.25, 0.3) is 11.0 Å². The van der Waals surface area contributed by atoms with E-state index in [1.807, 2.05) is 35.8 Å². The number of carbonyl (C=O) groups is 1. The predicted molar refractivity (Wildman–Crippen MR) is 70.7 cm³/mol. The third kappa shape index (κ3) is 2.08. The van der Waals surface area contributed by atoms with Crippen LogP contribution >= 0.6 is 11.6 Å². The predicted octanol–water partition coefficient (Wildman–Crippen LogP) is 3.07. The van der Waals surface area contributed by atoms with Crippen LogP contribution in [0.3, 0.4) is 0 Å². The van der Waals surface area contributed by atoms with E-state index in [4.69, 9.17) is 16.3 Å². The first-order valence-electron chi connectivity index (χ1n) is 5.75. The van der Waals surface area contributed by atoms with Gasteiger partial charge in [0, 0.05) is 0 Å². The highest BCUT2D eigenvalue weighted by atomic mass is 35.5. The lowest BCUT2D eigenvalue weighted by atomic mass is 10.2. The largest absolute Gasteiger partial charge is 0.467 e. The number of esters is 1. The molecule has 1 heterocycles. The zero-order valence-electron chi connectivity index (χ0n) is 10.6. The molecule has 96 valence electrons. The quantitative estimate of drug-likeness (QED) is 0.633. The van der Waals surface area contributed by atoms with Gasteiger partial charge in [-0.1, -0.05) is 12.1 Å². The Kier molecular flexibility index (Phi) is 3.57. The van der Waals surface area contributed by atoms with Crippen molar-refractivity contribution in [1.29, 1.82) is 0 Å². The number of rotatable bonds is 3. The molecule has 0 aliphatic carbocycles. The summed E-state index contributed by atoms with van der Waals surface area (Å²) in [6, 6.07) is 7.19. The third-order valence-corrected chi connectivity index (χ3v) is 3.10. The summed E-state index contributed by atoms with van der Waals surface area (Å²) in [5.41, 5.74) is 1.72. The Morgan fingerprint density at radius 1 is 1.39 bits per heavy atom. The fourth-order valence-electron chi connectivity index (χ4n) is 2.03. The number of benzene rings is 1. The van der Waals surface area contributed by atoms with Gasteiger partial charge in [-0.05, 0) is 26.0 Å². The fourth-order valence-corrected chi connectivity index (χ4v) is 2.18. The lowest BCUT2D eigenvalue weighted by Gasteiger charge is -2.16. The molecule has 0 amide bonds. The van der Waals surface area contributed by atoms with E-state index in [1.54, 1.807) is 6.92 Å². The van der Waals surface area contributed by atoms with Gasteiger partial charge in [0.2, 0.25) is 0 Å². The molecule has 0 saturated carbocycles. The fraction of sp³-hybridized carbons (Fsp3) is 0.385. The highest BCUT2D eigenvalue weighted by Gasteiger charge is 2.23. The highest BCUT2D eigenvalue weighted by molar-refractivity contribution is 6.20. The number of carbonyl (C=O) groups excluding carboxylic acids is 1. The number of halogens is 1. The Labute approximate surface area is 111 Å². The summed E-state index contributed by atoms with van der Waals surface area (Å²) in [7, 11) is 1.38. The average molecular weight is 267 g/mol. The monoisotopic (exact) mass is 266 g/mol. The zero-order chi connectivity index (χ0) is 13.3. The first kappa shape index (κ1) is 12.9. The number of methoxy groups -OCH3 is 1. The molecule has 4 nitrogen and oxygen atoms in total. The van der Waals surface area contributed by atoms with Crippen LogP contribution in [0.15, 0.2) is 24.3 Å². The maximum Gasteiger partial charge on any atom is 0.328 e. The minimum absolute atomic E-state index is 0.274. The van der Waals surface area contributed by atoms with Gasteiger partial charge >= 0.3 is 5.97 Å². The number of fused-ring (bicyclic) bond motifs is 1. The number of nitrogens with zero attached hydrogens (tertiary/aromatic N) is 2. The summed E-state index contributed by atoms with van der Waals surface area (Å²) in [6.45, 7) is 3.62. The number of hydrogen-bond donors (Lipinski definition) is 0. The van der Waals surface area contributed by atoms with E-state index in [1.165, 1.54) is 7.11 Å². The summed E-state index contributed by atoms with van der Waals surface area (Å²) in [5, 5.41) is -0.274. The minimum Gasteiger partial charge on any atom is -0.467 e. The molecular weight excluding hydrogens is 252 g/mol. The molecule has 0 spiro atoms. The van der Waals surface area contributed by atoms with E-state index in [2.05, 4.69) is 4.98 Å². The lowest BCUT2D eigenvalue weighted by molar-refractivity contribution is -0.143. The Morgan fingerprint density at radius 2 is 2.06 bits per heavy atom. The van der Waals surface area contributed by atoms with Crippen LogP contribution < -0.4 is 0 Å². The van der Waals surface area contributed by atoms with Gasteiger partial charge in [0.15, 0.2) is 0 Å². The van der Waals surface area contributed by atoms with Gasteiger partial charge in [-0.3, -0.25) is 0 Å². The van der Waals surface area contributed by atoms with Crippen LogP contribution in [0.2, 0.25) is 0 Å². The number of imidazole rings is 1. The summed E-state index contributed by atoms with van der Waals surface area (Å²) >= 11 is 6.14. The highest BCUT2D eigenvalue weighted by Crippen LogP contribution is 2.28. The number of ether oxygens (including phenoxy) is 1. The Balaban J connectivity index is 2.65. The van der Waals surface area contributed by atoms with Crippen LogP contribution in [0.1, 0.15) is 31.1 Å². The van der Waals surface area contributed by atoms with Gasteiger partial charge in [0.25, 0.3) is 0 Å². The van der Waals surface area contributed by atoms with Gasteiger partial charge in [-0.15, -0.1) is 11.6 Å². The van der Waals surface area contributed by atoms with E-state index < -0.39 is 6.04 Å². The molecule has 1 aromatic carbocycles. The smallest absolute Gasteiger partial charge is 0.328 e. The minimum atomic E-state index is -0.446. The van der Waals surface area contributed by atoms with Crippen molar-refractivity contribution >= 4 is 28.6 Å². The van der Waals surface area contributed by atoms with E-state index >= 15 is 0 Å². The average Bonchev–Trinajstić information content (AvgIpc) is 2.76. The van der Waals surface area contributed by atoms with Crippen LogP contribution in [0.4, 0.5) is 0 Å². The molecular formula is C13H15ClN2O2. The molecule has 2 aromatic rings. The lowest BCUT2D eigenvalue weighted by Crippen LogP contribution is -2.20. The van der Waals surface area contributed by atoms with Crippen molar-refractivity contribution < 1.29 is 9.53 Å². The van der Waals surface area contributed by atoms with E-state index in [9.17, 15) is 4.79 Å². The van der Waals surface area contributed by atoms with Crippen molar-refractivity contribution in [2.45, 2.75) is 25.3 Å². The van der Waals surface area contributed by atoms with Gasteiger partial charge < -0.3 is 9.30 Å². The second-order valence-corrected chi connectivity index (χ2v) is 4.80. The van der Waals surface area contributed by atoms with Crippen molar-refractivity contribution in [3.05, 3.63) is 30.1 Å². The zero-order valence-corrected chi connectivity index (χ0v) is 11.3. The molecule has 0 bridgehead atoms. The van der Waals surface area contributed by atoms with E-state index in [-0.39, 0.29) is 11.3 Å². The van der Waals surface area contributed by atoms with Crippen molar-refractivity contribution in [2.75, 3.05) is 7.11 Å². The van der Waals surface area contributed by atoms with Gasteiger partial charge in [-0.2, -0.15) is 0 Å². The maximum atomic E-state index is 11.7. The van der Waals surface area contributed by atoms with Crippen molar-refractivity contribution in [2.24, 2.45) is 0 Å². The van der Waals surface area contributed by atoms with Crippen LogP contribution in [0.5, 0.6) is 0 Å². The second-order valence-electron chi connectivity index (χ2n) is 4.14. The molecule has 1 aromatic heterocycles. The maximum absolute atomic E-state index is 11.7. The molecule has 5 heteroatoms.